The number of pyridine rings is 1. The zero-order valence-corrected chi connectivity index (χ0v) is 12.7. The lowest BCUT2D eigenvalue weighted by atomic mass is 10.1. The summed E-state index contributed by atoms with van der Waals surface area (Å²) in [5, 5.41) is 9.18. The van der Waals surface area contributed by atoms with Crippen LogP contribution < -0.4 is 5.56 Å². The van der Waals surface area contributed by atoms with Crippen LogP contribution in [0.5, 0.6) is 0 Å². The molecule has 1 N–H and O–H groups in total. The summed E-state index contributed by atoms with van der Waals surface area (Å²) in [6.45, 7) is 2.79. The van der Waals surface area contributed by atoms with Gasteiger partial charge in [-0.3, -0.25) is 9.36 Å². The maximum atomic E-state index is 14.0. The summed E-state index contributed by atoms with van der Waals surface area (Å²) < 4.78 is 28.9. The fourth-order valence-corrected chi connectivity index (χ4v) is 2.64. The molecule has 110 valence electrons. The summed E-state index contributed by atoms with van der Waals surface area (Å²) in [6.07, 6.45) is 0. The summed E-state index contributed by atoms with van der Waals surface area (Å²) in [6, 6.07) is 3.05. The number of aryl methyl sites for hydroxylation is 1. The van der Waals surface area contributed by atoms with E-state index in [0.717, 1.165) is 22.8 Å². The molecule has 0 spiro atoms. The lowest BCUT2D eigenvalue weighted by molar-refractivity contribution is 0.0694. The molecule has 0 atom stereocenters. The molecule has 0 bridgehead atoms. The van der Waals surface area contributed by atoms with Gasteiger partial charge in [-0.15, -0.1) is 0 Å². The van der Waals surface area contributed by atoms with E-state index in [-0.39, 0.29) is 21.3 Å². The van der Waals surface area contributed by atoms with Gasteiger partial charge in [0.15, 0.2) is 11.6 Å². The van der Waals surface area contributed by atoms with Crippen LogP contribution in [0.1, 0.15) is 21.6 Å². The molecule has 0 saturated heterocycles. The van der Waals surface area contributed by atoms with Gasteiger partial charge < -0.3 is 5.11 Å². The molecule has 2 aromatic rings. The van der Waals surface area contributed by atoms with Crippen molar-refractivity contribution in [3.8, 4) is 5.69 Å². The summed E-state index contributed by atoms with van der Waals surface area (Å²) in [4.78, 5) is 23.3. The lowest BCUT2D eigenvalue weighted by Gasteiger charge is -2.15. The van der Waals surface area contributed by atoms with Crippen molar-refractivity contribution in [1.29, 1.82) is 0 Å². The summed E-state index contributed by atoms with van der Waals surface area (Å²) >= 11 is 2.94. The van der Waals surface area contributed by atoms with Gasteiger partial charge >= 0.3 is 5.97 Å². The molecule has 1 aromatic carbocycles. The molecule has 0 unspecified atom stereocenters. The van der Waals surface area contributed by atoms with Crippen LogP contribution in [0.25, 0.3) is 5.69 Å². The largest absolute Gasteiger partial charge is 0.478 e. The highest BCUT2D eigenvalue weighted by atomic mass is 79.9. The van der Waals surface area contributed by atoms with Gasteiger partial charge in [0.1, 0.15) is 5.69 Å². The van der Waals surface area contributed by atoms with Gasteiger partial charge in [-0.25, -0.2) is 13.6 Å². The van der Waals surface area contributed by atoms with Crippen molar-refractivity contribution >= 4 is 21.9 Å². The average molecular weight is 358 g/mol. The van der Waals surface area contributed by atoms with Crippen LogP contribution in [0, 0.1) is 25.5 Å². The molecular formula is C14H10BrF2NO3. The van der Waals surface area contributed by atoms with Crippen LogP contribution in [0.2, 0.25) is 0 Å². The molecule has 0 radical (unpaired) electrons. The first-order valence-electron chi connectivity index (χ1n) is 5.85. The van der Waals surface area contributed by atoms with E-state index in [1.54, 1.807) is 0 Å². The van der Waals surface area contributed by atoms with Crippen LogP contribution in [0.4, 0.5) is 8.78 Å². The number of carbonyl (C=O) groups is 1. The minimum absolute atomic E-state index is 0.0346. The molecule has 0 fully saturated rings. The molecule has 0 saturated carbocycles. The van der Waals surface area contributed by atoms with Crippen LogP contribution in [-0.4, -0.2) is 15.6 Å². The number of hydrogen-bond donors (Lipinski definition) is 1. The SMILES string of the molecule is Cc1cc(=O)n(-c2c(F)cc(Br)cc2F)c(C)c1C(=O)O. The minimum Gasteiger partial charge on any atom is -0.478 e. The van der Waals surface area contributed by atoms with Gasteiger partial charge in [0, 0.05) is 16.2 Å². The summed E-state index contributed by atoms with van der Waals surface area (Å²) in [5.74, 6) is -3.20. The Kier molecular flexibility index (Phi) is 3.95. The van der Waals surface area contributed by atoms with Crippen molar-refractivity contribution in [2.24, 2.45) is 0 Å². The van der Waals surface area contributed by atoms with Gasteiger partial charge in [-0.05, 0) is 31.5 Å². The monoisotopic (exact) mass is 357 g/mol. The molecule has 21 heavy (non-hydrogen) atoms. The Morgan fingerprint density at radius 2 is 1.71 bits per heavy atom. The minimum atomic E-state index is -1.27. The second kappa shape index (κ2) is 5.40. The second-order valence-corrected chi connectivity index (χ2v) is 5.40. The number of halogens is 3. The Morgan fingerprint density at radius 3 is 2.19 bits per heavy atom. The molecule has 0 aliphatic heterocycles. The topological polar surface area (TPSA) is 59.3 Å². The molecule has 1 heterocycles. The Balaban J connectivity index is 2.92. The number of aromatic carboxylic acids is 1. The highest BCUT2D eigenvalue weighted by molar-refractivity contribution is 9.10. The molecule has 0 aliphatic rings. The van der Waals surface area contributed by atoms with E-state index in [9.17, 15) is 23.5 Å². The zero-order chi connectivity index (χ0) is 15.9. The number of carboxylic acid groups (broad SMARTS) is 1. The lowest BCUT2D eigenvalue weighted by Crippen LogP contribution is -2.25. The molecular weight excluding hydrogens is 348 g/mol. The highest BCUT2D eigenvalue weighted by Crippen LogP contribution is 2.24. The Labute approximate surface area is 126 Å². The zero-order valence-electron chi connectivity index (χ0n) is 11.1. The Hall–Kier alpha value is -2.02. The van der Waals surface area contributed by atoms with E-state index >= 15 is 0 Å². The van der Waals surface area contributed by atoms with Crippen LogP contribution in [0.15, 0.2) is 27.5 Å². The van der Waals surface area contributed by atoms with Gasteiger partial charge in [0.05, 0.1) is 5.56 Å². The van der Waals surface area contributed by atoms with Gasteiger partial charge in [-0.1, -0.05) is 15.9 Å². The van der Waals surface area contributed by atoms with Gasteiger partial charge in [0.2, 0.25) is 0 Å². The molecule has 7 heteroatoms. The third kappa shape index (κ3) is 2.61. The van der Waals surface area contributed by atoms with E-state index in [1.165, 1.54) is 13.8 Å². The second-order valence-electron chi connectivity index (χ2n) is 4.48. The van der Waals surface area contributed by atoms with Crippen LogP contribution >= 0.6 is 15.9 Å². The number of carboxylic acids is 1. The standard InChI is InChI=1S/C14H10BrF2NO3/c1-6-3-11(19)18(7(2)12(6)14(20)21)13-9(16)4-8(15)5-10(13)17/h3-5H,1-2H3,(H,20,21). The van der Waals surface area contributed by atoms with Crippen molar-refractivity contribution in [3.05, 3.63) is 61.5 Å². The molecule has 1 aromatic heterocycles. The van der Waals surface area contributed by atoms with Crippen LogP contribution in [0.3, 0.4) is 0 Å². The number of rotatable bonds is 2. The quantitative estimate of drug-likeness (QED) is 0.897. The number of nitrogens with zero attached hydrogens (tertiary/aromatic N) is 1. The maximum Gasteiger partial charge on any atom is 0.337 e. The average Bonchev–Trinajstić information content (AvgIpc) is 2.30. The summed E-state index contributed by atoms with van der Waals surface area (Å²) in [5.41, 5.74) is -1.25. The van der Waals surface area contributed by atoms with E-state index < -0.39 is 28.9 Å². The number of benzene rings is 1. The molecule has 0 amide bonds. The third-order valence-electron chi connectivity index (χ3n) is 3.07. The summed E-state index contributed by atoms with van der Waals surface area (Å²) in [7, 11) is 0. The number of hydrogen-bond acceptors (Lipinski definition) is 2. The van der Waals surface area contributed by atoms with Crippen molar-refractivity contribution in [2.45, 2.75) is 13.8 Å². The van der Waals surface area contributed by atoms with Crippen molar-refractivity contribution in [2.75, 3.05) is 0 Å². The normalized spacial score (nSPS) is 10.7. The van der Waals surface area contributed by atoms with Crippen LogP contribution in [-0.2, 0) is 0 Å². The maximum absolute atomic E-state index is 14.0. The van der Waals surface area contributed by atoms with E-state index in [1.807, 2.05) is 0 Å². The van der Waals surface area contributed by atoms with Crippen molar-refractivity contribution < 1.29 is 18.7 Å². The molecule has 4 nitrogen and oxygen atoms in total. The smallest absolute Gasteiger partial charge is 0.337 e. The Morgan fingerprint density at radius 1 is 1.19 bits per heavy atom. The van der Waals surface area contributed by atoms with Gasteiger partial charge in [0.25, 0.3) is 5.56 Å². The first kappa shape index (κ1) is 15.4. The molecule has 0 aliphatic carbocycles. The Bertz CT molecular complexity index is 792. The van der Waals surface area contributed by atoms with Crippen molar-refractivity contribution in [3.63, 3.8) is 0 Å². The predicted octanol–water partition coefficient (Wildman–Crippen LogP) is 3.19. The van der Waals surface area contributed by atoms with E-state index in [0.29, 0.717) is 0 Å². The fourth-order valence-electron chi connectivity index (χ4n) is 2.23. The number of aromatic nitrogens is 1. The predicted molar refractivity (Wildman–Crippen MR) is 76.1 cm³/mol. The highest BCUT2D eigenvalue weighted by Gasteiger charge is 2.21. The van der Waals surface area contributed by atoms with Crippen molar-refractivity contribution in [1.82, 2.24) is 4.57 Å². The van der Waals surface area contributed by atoms with Gasteiger partial charge in [-0.2, -0.15) is 0 Å². The fraction of sp³-hybridized carbons (Fsp3) is 0.143. The molecule has 2 rings (SSSR count). The first-order chi connectivity index (χ1) is 9.73. The van der Waals surface area contributed by atoms with E-state index in [4.69, 9.17) is 0 Å². The first-order valence-corrected chi connectivity index (χ1v) is 6.64. The van der Waals surface area contributed by atoms with E-state index in [2.05, 4.69) is 15.9 Å². The third-order valence-corrected chi connectivity index (χ3v) is 3.53.